The number of hydrogen-bond acceptors (Lipinski definition) is 0. The molecule has 0 saturated heterocycles. The molecule has 1 unspecified atom stereocenters. The van der Waals surface area contributed by atoms with Gasteiger partial charge in [-0.3, -0.25) is 0 Å². The van der Waals surface area contributed by atoms with Gasteiger partial charge in [-0.25, -0.2) is 0 Å². The summed E-state index contributed by atoms with van der Waals surface area (Å²) in [5.41, 5.74) is 0. The third-order valence-electron chi connectivity index (χ3n) is 3.20. The van der Waals surface area contributed by atoms with E-state index < -0.39 is 0 Å². The van der Waals surface area contributed by atoms with Gasteiger partial charge in [0.2, 0.25) is 0 Å². The Hall–Kier alpha value is 0.730. The fraction of sp³-hybridized carbons (Fsp3) is 1.00. The van der Waals surface area contributed by atoms with Crippen LogP contribution < -0.4 is 0 Å². The van der Waals surface area contributed by atoms with E-state index in [9.17, 15) is 0 Å². The number of alkyl halides is 1. The van der Waals surface area contributed by atoms with Crippen LogP contribution in [0.1, 0.15) is 78.1 Å². The molecule has 0 aliphatic carbocycles. The Kier molecular flexibility index (Phi) is 13.4. The minimum Gasteiger partial charge on any atom is -0.0864 e. The van der Waals surface area contributed by atoms with Crippen LogP contribution >= 0.6 is 22.6 Å². The topological polar surface area (TPSA) is 0 Å². The van der Waals surface area contributed by atoms with E-state index in [1.165, 1.54) is 68.6 Å². The summed E-state index contributed by atoms with van der Waals surface area (Å²) in [5, 5.41) is 0. The molecule has 0 aromatic heterocycles. The zero-order chi connectivity index (χ0) is 11.4. The monoisotopic (exact) mass is 324 g/mol. The van der Waals surface area contributed by atoms with Gasteiger partial charge in [0, 0.05) is 0 Å². The molecule has 0 aromatic carbocycles. The molecule has 0 aromatic rings. The van der Waals surface area contributed by atoms with Gasteiger partial charge in [0.15, 0.2) is 0 Å². The minimum atomic E-state index is 1.03. The highest BCUT2D eigenvalue weighted by Crippen LogP contribution is 2.21. The smallest absolute Gasteiger partial charge is 0.000209 e. The summed E-state index contributed by atoms with van der Waals surface area (Å²) in [7, 11) is 0. The Morgan fingerprint density at radius 3 is 1.80 bits per heavy atom. The van der Waals surface area contributed by atoms with Crippen molar-refractivity contribution in [3.8, 4) is 0 Å². The lowest BCUT2D eigenvalue weighted by Gasteiger charge is -2.15. The summed E-state index contributed by atoms with van der Waals surface area (Å²) in [6, 6.07) is 0. The van der Waals surface area contributed by atoms with Gasteiger partial charge in [0.1, 0.15) is 0 Å². The van der Waals surface area contributed by atoms with E-state index in [1.807, 2.05) is 0 Å². The summed E-state index contributed by atoms with van der Waals surface area (Å²) in [5.74, 6) is 1.03. The van der Waals surface area contributed by atoms with Gasteiger partial charge in [-0.15, -0.1) is 0 Å². The van der Waals surface area contributed by atoms with Crippen molar-refractivity contribution in [1.29, 1.82) is 0 Å². The first-order valence-electron chi connectivity index (χ1n) is 6.91. The molecular formula is C14H29I. The quantitative estimate of drug-likeness (QED) is 0.249. The van der Waals surface area contributed by atoms with Crippen LogP contribution in [0.2, 0.25) is 0 Å². The Morgan fingerprint density at radius 1 is 0.733 bits per heavy atom. The summed E-state index contributed by atoms with van der Waals surface area (Å²) >= 11 is 2.53. The largest absolute Gasteiger partial charge is 0.0864 e. The minimum absolute atomic E-state index is 1.03. The van der Waals surface area contributed by atoms with Crippen LogP contribution in [0.15, 0.2) is 0 Å². The maximum Gasteiger partial charge on any atom is -0.000209 e. The Balaban J connectivity index is 3.44. The highest BCUT2D eigenvalue weighted by molar-refractivity contribution is 14.1. The number of unbranched alkanes of at least 4 members (excludes halogenated alkanes) is 5. The molecule has 0 nitrogen and oxygen atoms in total. The molecule has 1 atom stereocenters. The lowest BCUT2D eigenvalue weighted by Crippen LogP contribution is -2.01. The van der Waals surface area contributed by atoms with Crippen molar-refractivity contribution in [2.75, 3.05) is 4.43 Å². The molecule has 15 heavy (non-hydrogen) atoms. The predicted octanol–water partition coefficient (Wildman–Crippen LogP) is 5.98. The SMILES string of the molecule is CCCCCCC(CCI)CCCCC. The first kappa shape index (κ1) is 15.7. The van der Waals surface area contributed by atoms with Crippen LogP contribution in [0.25, 0.3) is 0 Å². The van der Waals surface area contributed by atoms with E-state index in [2.05, 4.69) is 36.4 Å². The molecule has 0 aliphatic rings. The van der Waals surface area contributed by atoms with Crippen LogP contribution in [0.5, 0.6) is 0 Å². The van der Waals surface area contributed by atoms with Crippen molar-refractivity contribution >= 4 is 22.6 Å². The van der Waals surface area contributed by atoms with Crippen molar-refractivity contribution in [3.05, 3.63) is 0 Å². The van der Waals surface area contributed by atoms with Gasteiger partial charge in [-0.05, 0) is 16.8 Å². The summed E-state index contributed by atoms with van der Waals surface area (Å²) < 4.78 is 1.35. The standard InChI is InChI=1S/C14H29I/c1-3-5-7-9-11-14(12-13-15)10-8-6-4-2/h14H,3-13H2,1-2H3. The number of hydrogen-bond donors (Lipinski definition) is 0. The lowest BCUT2D eigenvalue weighted by atomic mass is 9.93. The van der Waals surface area contributed by atoms with Crippen LogP contribution in [-0.2, 0) is 0 Å². The fourth-order valence-electron chi connectivity index (χ4n) is 2.13. The summed E-state index contributed by atoms with van der Waals surface area (Å²) in [4.78, 5) is 0. The first-order chi connectivity index (χ1) is 7.35. The molecular weight excluding hydrogens is 295 g/mol. The maximum atomic E-state index is 2.53. The van der Waals surface area contributed by atoms with E-state index in [0.29, 0.717) is 0 Å². The lowest BCUT2D eigenvalue weighted by molar-refractivity contribution is 0.401. The van der Waals surface area contributed by atoms with Crippen molar-refractivity contribution in [3.63, 3.8) is 0 Å². The van der Waals surface area contributed by atoms with Crippen molar-refractivity contribution in [2.24, 2.45) is 5.92 Å². The van der Waals surface area contributed by atoms with Gasteiger partial charge in [-0.2, -0.15) is 0 Å². The zero-order valence-electron chi connectivity index (χ0n) is 10.7. The highest BCUT2D eigenvalue weighted by Gasteiger charge is 2.07. The van der Waals surface area contributed by atoms with Crippen molar-refractivity contribution in [1.82, 2.24) is 0 Å². The van der Waals surface area contributed by atoms with Gasteiger partial charge in [-0.1, -0.05) is 94.2 Å². The highest BCUT2D eigenvalue weighted by atomic mass is 127. The van der Waals surface area contributed by atoms with Crippen molar-refractivity contribution in [2.45, 2.75) is 78.1 Å². The molecule has 92 valence electrons. The molecule has 0 rings (SSSR count). The van der Waals surface area contributed by atoms with E-state index >= 15 is 0 Å². The molecule has 0 radical (unpaired) electrons. The second-order valence-corrected chi connectivity index (χ2v) is 5.77. The van der Waals surface area contributed by atoms with Crippen LogP contribution in [0, 0.1) is 5.92 Å². The predicted molar refractivity (Wildman–Crippen MR) is 79.9 cm³/mol. The Morgan fingerprint density at radius 2 is 1.27 bits per heavy atom. The first-order valence-corrected chi connectivity index (χ1v) is 8.43. The Labute approximate surface area is 111 Å². The number of rotatable bonds is 11. The van der Waals surface area contributed by atoms with Crippen LogP contribution in [0.3, 0.4) is 0 Å². The van der Waals surface area contributed by atoms with E-state index in [1.54, 1.807) is 0 Å². The molecule has 0 heterocycles. The van der Waals surface area contributed by atoms with E-state index in [-0.39, 0.29) is 0 Å². The van der Waals surface area contributed by atoms with E-state index in [0.717, 1.165) is 5.92 Å². The molecule has 0 saturated carbocycles. The fourth-order valence-corrected chi connectivity index (χ4v) is 3.01. The summed E-state index contributed by atoms with van der Waals surface area (Å²) in [6.45, 7) is 4.60. The van der Waals surface area contributed by atoms with Gasteiger partial charge < -0.3 is 0 Å². The number of halogens is 1. The third kappa shape index (κ3) is 11.0. The molecule has 0 bridgehead atoms. The van der Waals surface area contributed by atoms with Crippen LogP contribution in [-0.4, -0.2) is 4.43 Å². The second-order valence-electron chi connectivity index (χ2n) is 4.69. The average molecular weight is 324 g/mol. The van der Waals surface area contributed by atoms with Gasteiger partial charge in [0.05, 0.1) is 0 Å². The normalized spacial score (nSPS) is 13.0. The van der Waals surface area contributed by atoms with E-state index in [4.69, 9.17) is 0 Å². The van der Waals surface area contributed by atoms with Crippen molar-refractivity contribution < 1.29 is 0 Å². The molecule has 0 N–H and O–H groups in total. The average Bonchev–Trinajstić information content (AvgIpc) is 2.24. The Bertz CT molecular complexity index is 112. The zero-order valence-corrected chi connectivity index (χ0v) is 12.9. The van der Waals surface area contributed by atoms with Gasteiger partial charge >= 0.3 is 0 Å². The molecule has 0 aliphatic heterocycles. The molecule has 1 heteroatoms. The second kappa shape index (κ2) is 12.8. The molecule has 0 fully saturated rings. The third-order valence-corrected chi connectivity index (χ3v) is 3.82. The maximum absolute atomic E-state index is 2.53. The molecule has 0 amide bonds. The summed E-state index contributed by atoms with van der Waals surface area (Å²) in [6.07, 6.45) is 14.4. The van der Waals surface area contributed by atoms with Crippen LogP contribution in [0.4, 0.5) is 0 Å². The van der Waals surface area contributed by atoms with Gasteiger partial charge in [0.25, 0.3) is 0 Å². The molecule has 0 spiro atoms.